The Morgan fingerprint density at radius 3 is 2.41 bits per heavy atom. The van der Waals surface area contributed by atoms with Crippen LogP contribution < -0.4 is 10.3 Å². The van der Waals surface area contributed by atoms with Crippen LogP contribution in [0.4, 0.5) is 5.13 Å². The van der Waals surface area contributed by atoms with Gasteiger partial charge in [0.25, 0.3) is 0 Å². The number of benzene rings is 1. The second kappa shape index (κ2) is 7.99. The van der Waals surface area contributed by atoms with E-state index in [-0.39, 0.29) is 17.9 Å². The van der Waals surface area contributed by atoms with E-state index in [2.05, 4.69) is 30.0 Å². The van der Waals surface area contributed by atoms with Crippen LogP contribution in [0, 0.1) is 13.8 Å². The summed E-state index contributed by atoms with van der Waals surface area (Å²) < 4.78 is 3.14. The van der Waals surface area contributed by atoms with Crippen molar-refractivity contribution in [3.63, 3.8) is 0 Å². The lowest BCUT2D eigenvalue weighted by molar-refractivity contribution is -0.132. The van der Waals surface area contributed by atoms with Gasteiger partial charge >= 0.3 is 0 Å². The minimum Gasteiger partial charge on any atom is -0.345 e. The Labute approximate surface area is 174 Å². The van der Waals surface area contributed by atoms with E-state index in [0.717, 1.165) is 41.5 Å². The highest BCUT2D eigenvalue weighted by atomic mass is 32.1. The van der Waals surface area contributed by atoms with Crippen LogP contribution in [0.2, 0.25) is 0 Å². The monoisotopic (exact) mass is 410 g/mol. The summed E-state index contributed by atoms with van der Waals surface area (Å²) in [5.74, 6) is 0.0939. The van der Waals surface area contributed by atoms with Crippen LogP contribution in [0.25, 0.3) is 10.2 Å². The van der Waals surface area contributed by atoms with Gasteiger partial charge in [-0.3, -0.25) is 9.59 Å². The Bertz CT molecular complexity index is 1080. The minimum atomic E-state index is -0.0146. The molecule has 6 nitrogen and oxygen atoms in total. The number of pyridine rings is 1. The molecule has 0 atom stereocenters. The van der Waals surface area contributed by atoms with Gasteiger partial charge in [0.2, 0.25) is 5.91 Å². The number of piperazine rings is 1. The van der Waals surface area contributed by atoms with Gasteiger partial charge in [-0.05, 0) is 38.0 Å². The first-order valence-electron chi connectivity index (χ1n) is 10.0. The van der Waals surface area contributed by atoms with Crippen LogP contribution in [0.1, 0.15) is 23.9 Å². The predicted octanol–water partition coefficient (Wildman–Crippen LogP) is 2.99. The van der Waals surface area contributed by atoms with Crippen molar-refractivity contribution in [2.45, 2.75) is 33.7 Å². The van der Waals surface area contributed by atoms with E-state index in [1.165, 1.54) is 10.3 Å². The number of hydrogen-bond donors (Lipinski definition) is 0. The van der Waals surface area contributed by atoms with Gasteiger partial charge in [0.1, 0.15) is 6.54 Å². The Hall–Kier alpha value is -2.67. The first-order chi connectivity index (χ1) is 13.9. The van der Waals surface area contributed by atoms with Crippen molar-refractivity contribution in [3.8, 4) is 0 Å². The molecule has 1 aliphatic heterocycles. The molecule has 1 amide bonds. The van der Waals surface area contributed by atoms with Gasteiger partial charge < -0.3 is 14.4 Å². The molecule has 3 heterocycles. The number of hydrogen-bond acceptors (Lipinski definition) is 5. The molecule has 0 radical (unpaired) electrons. The summed E-state index contributed by atoms with van der Waals surface area (Å²) in [5, 5.41) is 1.03. The van der Waals surface area contributed by atoms with Crippen molar-refractivity contribution < 1.29 is 4.79 Å². The van der Waals surface area contributed by atoms with Crippen molar-refractivity contribution in [2.75, 3.05) is 31.1 Å². The van der Waals surface area contributed by atoms with E-state index < -0.39 is 0 Å². The first-order valence-corrected chi connectivity index (χ1v) is 10.9. The first kappa shape index (κ1) is 19.6. The fraction of sp³-hybridized carbons (Fsp3) is 0.409. The van der Waals surface area contributed by atoms with Crippen molar-refractivity contribution in [1.29, 1.82) is 0 Å². The van der Waals surface area contributed by atoms with Gasteiger partial charge in [0.05, 0.1) is 10.2 Å². The third kappa shape index (κ3) is 4.05. The van der Waals surface area contributed by atoms with Crippen molar-refractivity contribution in [1.82, 2.24) is 14.5 Å². The highest BCUT2D eigenvalue weighted by Gasteiger charge is 2.23. The predicted molar refractivity (Wildman–Crippen MR) is 118 cm³/mol. The van der Waals surface area contributed by atoms with Crippen molar-refractivity contribution >= 4 is 32.6 Å². The van der Waals surface area contributed by atoms with Crippen LogP contribution in [-0.4, -0.2) is 46.5 Å². The Morgan fingerprint density at radius 2 is 1.76 bits per heavy atom. The highest BCUT2D eigenvalue weighted by molar-refractivity contribution is 7.22. The van der Waals surface area contributed by atoms with E-state index in [1.807, 2.05) is 23.3 Å². The zero-order chi connectivity index (χ0) is 20.5. The van der Waals surface area contributed by atoms with Crippen LogP contribution in [-0.2, 0) is 17.8 Å². The Morgan fingerprint density at radius 1 is 1.07 bits per heavy atom. The largest absolute Gasteiger partial charge is 0.345 e. The van der Waals surface area contributed by atoms with Crippen LogP contribution in [0.5, 0.6) is 0 Å². The van der Waals surface area contributed by atoms with Gasteiger partial charge in [0, 0.05) is 49.7 Å². The molecule has 1 aromatic carbocycles. The standard InChI is InChI=1S/C22H26N4O2S/c1-4-17-5-6-19-20(13-17)29-22(23-19)25-9-7-24(8-10-25)21(28)14-26-15(2)11-18(27)12-16(26)3/h5-6,11-13H,4,7-10,14H2,1-3H3. The second-order valence-electron chi connectivity index (χ2n) is 7.58. The number of carbonyl (C=O) groups is 1. The van der Waals surface area contributed by atoms with Gasteiger partial charge in [-0.1, -0.05) is 24.3 Å². The Balaban J connectivity index is 1.41. The molecule has 7 heteroatoms. The average Bonchev–Trinajstić information content (AvgIpc) is 3.13. The fourth-order valence-corrected chi connectivity index (χ4v) is 4.91. The molecular formula is C22H26N4O2S. The van der Waals surface area contributed by atoms with E-state index in [4.69, 9.17) is 4.98 Å². The molecule has 29 heavy (non-hydrogen) atoms. The Kier molecular flexibility index (Phi) is 5.41. The third-order valence-corrected chi connectivity index (χ3v) is 6.68. The SMILES string of the molecule is CCc1ccc2nc(N3CCN(C(=O)Cn4c(C)cc(=O)cc4C)CC3)sc2c1. The molecule has 0 unspecified atom stereocenters. The highest BCUT2D eigenvalue weighted by Crippen LogP contribution is 2.30. The summed E-state index contributed by atoms with van der Waals surface area (Å²) in [5.41, 5.74) is 4.01. The zero-order valence-electron chi connectivity index (χ0n) is 17.1. The molecular weight excluding hydrogens is 384 g/mol. The lowest BCUT2D eigenvalue weighted by atomic mass is 10.2. The maximum absolute atomic E-state index is 12.8. The molecule has 0 aliphatic carbocycles. The second-order valence-corrected chi connectivity index (χ2v) is 8.59. The molecule has 3 aromatic rings. The molecule has 4 rings (SSSR count). The molecule has 152 valence electrons. The number of rotatable bonds is 4. The number of anilines is 1. The van der Waals surface area contributed by atoms with Gasteiger partial charge in [0.15, 0.2) is 10.6 Å². The molecule has 2 aromatic heterocycles. The zero-order valence-corrected chi connectivity index (χ0v) is 18.0. The van der Waals surface area contributed by atoms with Gasteiger partial charge in [-0.25, -0.2) is 4.98 Å². The molecule has 0 saturated carbocycles. The van der Waals surface area contributed by atoms with Crippen molar-refractivity contribution in [3.05, 3.63) is 57.5 Å². The smallest absolute Gasteiger partial charge is 0.242 e. The van der Waals surface area contributed by atoms with Crippen LogP contribution in [0.15, 0.2) is 35.1 Å². The summed E-state index contributed by atoms with van der Waals surface area (Å²) in [6, 6.07) is 9.63. The number of carbonyl (C=O) groups excluding carboxylic acids is 1. The lowest BCUT2D eigenvalue weighted by Crippen LogP contribution is -2.49. The number of thiazole rings is 1. The lowest BCUT2D eigenvalue weighted by Gasteiger charge is -2.35. The number of fused-ring (bicyclic) bond motifs is 1. The molecule has 0 N–H and O–H groups in total. The molecule has 0 spiro atoms. The number of aryl methyl sites for hydroxylation is 3. The van der Waals surface area contributed by atoms with E-state index in [9.17, 15) is 9.59 Å². The van der Waals surface area contributed by atoms with E-state index in [1.54, 1.807) is 23.5 Å². The van der Waals surface area contributed by atoms with Crippen molar-refractivity contribution in [2.24, 2.45) is 0 Å². The molecule has 1 aliphatic rings. The third-order valence-electron chi connectivity index (χ3n) is 5.60. The average molecular weight is 411 g/mol. The summed E-state index contributed by atoms with van der Waals surface area (Å²) >= 11 is 1.73. The van der Waals surface area contributed by atoms with E-state index >= 15 is 0 Å². The van der Waals surface area contributed by atoms with Gasteiger partial charge in [-0.2, -0.15) is 0 Å². The summed E-state index contributed by atoms with van der Waals surface area (Å²) in [7, 11) is 0. The summed E-state index contributed by atoms with van der Waals surface area (Å²) in [4.78, 5) is 33.4. The maximum Gasteiger partial charge on any atom is 0.242 e. The summed E-state index contributed by atoms with van der Waals surface area (Å²) in [6.07, 6.45) is 1.03. The topological polar surface area (TPSA) is 58.4 Å². The van der Waals surface area contributed by atoms with Crippen LogP contribution in [0.3, 0.4) is 0 Å². The molecule has 0 bridgehead atoms. The van der Waals surface area contributed by atoms with E-state index in [0.29, 0.717) is 13.1 Å². The molecule has 1 fully saturated rings. The number of amides is 1. The van der Waals surface area contributed by atoms with Crippen LogP contribution >= 0.6 is 11.3 Å². The number of nitrogens with zero attached hydrogens (tertiary/aromatic N) is 4. The number of aromatic nitrogens is 2. The fourth-order valence-electron chi connectivity index (χ4n) is 3.83. The summed E-state index contributed by atoms with van der Waals surface area (Å²) in [6.45, 7) is 9.13. The quantitative estimate of drug-likeness (QED) is 0.664. The minimum absolute atomic E-state index is 0.0146. The van der Waals surface area contributed by atoms with Gasteiger partial charge in [-0.15, -0.1) is 0 Å². The normalized spacial score (nSPS) is 14.6. The maximum atomic E-state index is 12.8. The molecule has 1 saturated heterocycles.